The number of carbonyl (C=O) groups is 1. The standard InChI is InChI=1S/C11H15NO3/c1-11(2,3)15-9-5-7(10(12)14)4-8(13)6-9/h4-6,13H,1-3H3,(H2,12,14). The zero-order chi connectivity index (χ0) is 11.6. The average molecular weight is 209 g/mol. The molecule has 0 radical (unpaired) electrons. The molecule has 4 nitrogen and oxygen atoms in total. The molecule has 0 fully saturated rings. The molecule has 0 saturated carbocycles. The predicted molar refractivity (Wildman–Crippen MR) is 57.0 cm³/mol. The first-order chi connectivity index (χ1) is 6.78. The van der Waals surface area contributed by atoms with E-state index in [0.717, 1.165) is 0 Å². The molecule has 0 aliphatic carbocycles. The van der Waals surface area contributed by atoms with Gasteiger partial charge in [0.25, 0.3) is 0 Å². The van der Waals surface area contributed by atoms with Gasteiger partial charge >= 0.3 is 0 Å². The van der Waals surface area contributed by atoms with Crippen molar-refractivity contribution in [3.05, 3.63) is 23.8 Å². The van der Waals surface area contributed by atoms with Gasteiger partial charge in [-0.1, -0.05) is 0 Å². The Bertz CT molecular complexity index is 380. The van der Waals surface area contributed by atoms with Crippen molar-refractivity contribution in [2.45, 2.75) is 26.4 Å². The number of aromatic hydroxyl groups is 1. The van der Waals surface area contributed by atoms with Crippen molar-refractivity contribution < 1.29 is 14.6 Å². The maximum absolute atomic E-state index is 10.9. The molecule has 0 unspecified atom stereocenters. The van der Waals surface area contributed by atoms with Gasteiger partial charge in [-0.15, -0.1) is 0 Å². The molecule has 0 aromatic heterocycles. The first-order valence-electron chi connectivity index (χ1n) is 4.61. The van der Waals surface area contributed by atoms with Crippen LogP contribution in [0.15, 0.2) is 18.2 Å². The van der Waals surface area contributed by atoms with Crippen LogP contribution in [0.1, 0.15) is 31.1 Å². The number of amides is 1. The van der Waals surface area contributed by atoms with Gasteiger partial charge in [0.1, 0.15) is 17.1 Å². The van der Waals surface area contributed by atoms with Crippen LogP contribution in [0.2, 0.25) is 0 Å². The minimum Gasteiger partial charge on any atom is -0.508 e. The number of benzene rings is 1. The lowest BCUT2D eigenvalue weighted by Gasteiger charge is -2.21. The second-order valence-corrected chi connectivity index (χ2v) is 4.29. The number of hydrogen-bond acceptors (Lipinski definition) is 3. The molecule has 1 aromatic carbocycles. The van der Waals surface area contributed by atoms with Crippen LogP contribution in [0.4, 0.5) is 0 Å². The largest absolute Gasteiger partial charge is 0.508 e. The van der Waals surface area contributed by atoms with Crippen LogP contribution >= 0.6 is 0 Å². The lowest BCUT2D eigenvalue weighted by molar-refractivity contribution is 0.0996. The number of carbonyl (C=O) groups excluding carboxylic acids is 1. The summed E-state index contributed by atoms with van der Waals surface area (Å²) in [6.07, 6.45) is 0. The van der Waals surface area contributed by atoms with Gasteiger partial charge in [0.15, 0.2) is 0 Å². The van der Waals surface area contributed by atoms with Crippen molar-refractivity contribution in [2.75, 3.05) is 0 Å². The molecule has 15 heavy (non-hydrogen) atoms. The van der Waals surface area contributed by atoms with Gasteiger partial charge in [-0.2, -0.15) is 0 Å². The van der Waals surface area contributed by atoms with E-state index in [-0.39, 0.29) is 16.9 Å². The third-order valence-electron chi connectivity index (χ3n) is 1.60. The van der Waals surface area contributed by atoms with Crippen LogP contribution in [-0.2, 0) is 0 Å². The fourth-order valence-electron chi connectivity index (χ4n) is 1.14. The van der Waals surface area contributed by atoms with Crippen LogP contribution in [0.3, 0.4) is 0 Å². The number of phenolic OH excluding ortho intramolecular Hbond substituents is 1. The zero-order valence-electron chi connectivity index (χ0n) is 9.07. The highest BCUT2D eigenvalue weighted by molar-refractivity contribution is 5.93. The SMILES string of the molecule is CC(C)(C)Oc1cc(O)cc(C(N)=O)c1. The number of rotatable bonds is 2. The Hall–Kier alpha value is -1.71. The lowest BCUT2D eigenvalue weighted by Crippen LogP contribution is -2.23. The first-order valence-corrected chi connectivity index (χ1v) is 4.61. The maximum atomic E-state index is 10.9. The van der Waals surface area contributed by atoms with Gasteiger partial charge in [-0.05, 0) is 32.9 Å². The normalized spacial score (nSPS) is 11.1. The summed E-state index contributed by atoms with van der Waals surface area (Å²) >= 11 is 0. The van der Waals surface area contributed by atoms with E-state index in [1.165, 1.54) is 18.2 Å². The second-order valence-electron chi connectivity index (χ2n) is 4.29. The van der Waals surface area contributed by atoms with Gasteiger partial charge < -0.3 is 15.6 Å². The number of ether oxygens (including phenoxy) is 1. The van der Waals surface area contributed by atoms with Crippen molar-refractivity contribution in [1.82, 2.24) is 0 Å². The van der Waals surface area contributed by atoms with Crippen molar-refractivity contribution in [3.8, 4) is 11.5 Å². The Morgan fingerprint density at radius 3 is 2.40 bits per heavy atom. The van der Waals surface area contributed by atoms with Crippen LogP contribution in [0, 0.1) is 0 Å². The lowest BCUT2D eigenvalue weighted by atomic mass is 10.1. The summed E-state index contributed by atoms with van der Waals surface area (Å²) in [5.41, 5.74) is 4.95. The molecule has 0 bridgehead atoms. The van der Waals surface area contributed by atoms with E-state index < -0.39 is 5.91 Å². The summed E-state index contributed by atoms with van der Waals surface area (Å²) in [4.78, 5) is 10.9. The molecule has 82 valence electrons. The zero-order valence-corrected chi connectivity index (χ0v) is 9.07. The second kappa shape index (κ2) is 3.81. The van der Waals surface area contributed by atoms with Gasteiger partial charge in [0, 0.05) is 11.6 Å². The molecule has 1 rings (SSSR count). The average Bonchev–Trinajstić information content (AvgIpc) is 1.99. The van der Waals surface area contributed by atoms with E-state index in [1.807, 2.05) is 20.8 Å². The monoisotopic (exact) mass is 209 g/mol. The van der Waals surface area contributed by atoms with Gasteiger partial charge in [-0.3, -0.25) is 4.79 Å². The first kappa shape index (κ1) is 11.4. The Morgan fingerprint density at radius 1 is 1.33 bits per heavy atom. The van der Waals surface area contributed by atoms with Gasteiger partial charge in [-0.25, -0.2) is 0 Å². The number of primary amides is 1. The van der Waals surface area contributed by atoms with Crippen LogP contribution in [-0.4, -0.2) is 16.6 Å². The van der Waals surface area contributed by atoms with Crippen molar-refractivity contribution >= 4 is 5.91 Å². The van der Waals surface area contributed by atoms with Gasteiger partial charge in [0.05, 0.1) is 0 Å². The molecule has 0 heterocycles. The van der Waals surface area contributed by atoms with E-state index in [9.17, 15) is 9.90 Å². The highest BCUT2D eigenvalue weighted by Gasteiger charge is 2.13. The van der Waals surface area contributed by atoms with Crippen LogP contribution in [0.25, 0.3) is 0 Å². The third-order valence-corrected chi connectivity index (χ3v) is 1.60. The van der Waals surface area contributed by atoms with E-state index in [4.69, 9.17) is 10.5 Å². The van der Waals surface area contributed by atoms with Crippen molar-refractivity contribution in [3.63, 3.8) is 0 Å². The van der Waals surface area contributed by atoms with E-state index in [1.54, 1.807) is 0 Å². The molecule has 0 aliphatic rings. The summed E-state index contributed by atoms with van der Waals surface area (Å²) in [7, 11) is 0. The van der Waals surface area contributed by atoms with E-state index in [0.29, 0.717) is 5.75 Å². The Labute approximate surface area is 88.7 Å². The summed E-state index contributed by atoms with van der Waals surface area (Å²) in [6.45, 7) is 5.63. The topological polar surface area (TPSA) is 72.6 Å². The molecule has 0 spiro atoms. The molecule has 4 heteroatoms. The minimum atomic E-state index is -0.593. The quantitative estimate of drug-likeness (QED) is 0.778. The van der Waals surface area contributed by atoms with E-state index >= 15 is 0 Å². The highest BCUT2D eigenvalue weighted by Crippen LogP contribution is 2.24. The fourth-order valence-corrected chi connectivity index (χ4v) is 1.14. The maximum Gasteiger partial charge on any atom is 0.248 e. The Kier molecular flexibility index (Phi) is 2.88. The number of hydrogen-bond donors (Lipinski definition) is 2. The van der Waals surface area contributed by atoms with Crippen LogP contribution < -0.4 is 10.5 Å². The molecule has 0 atom stereocenters. The fraction of sp³-hybridized carbons (Fsp3) is 0.364. The Morgan fingerprint density at radius 2 is 1.93 bits per heavy atom. The summed E-state index contributed by atoms with van der Waals surface area (Å²) in [5.74, 6) is -0.202. The van der Waals surface area contributed by atoms with Crippen LogP contribution in [0.5, 0.6) is 11.5 Å². The Balaban J connectivity index is 3.04. The van der Waals surface area contributed by atoms with Gasteiger partial charge in [0.2, 0.25) is 5.91 Å². The third kappa shape index (κ3) is 3.50. The summed E-state index contributed by atoms with van der Waals surface area (Å²) in [6, 6.07) is 4.25. The summed E-state index contributed by atoms with van der Waals surface area (Å²) < 4.78 is 5.51. The van der Waals surface area contributed by atoms with Crippen molar-refractivity contribution in [1.29, 1.82) is 0 Å². The summed E-state index contributed by atoms with van der Waals surface area (Å²) in [5, 5.41) is 9.35. The van der Waals surface area contributed by atoms with Crippen molar-refractivity contribution in [2.24, 2.45) is 5.73 Å². The number of phenols is 1. The smallest absolute Gasteiger partial charge is 0.248 e. The highest BCUT2D eigenvalue weighted by atomic mass is 16.5. The molecular formula is C11H15NO3. The molecule has 0 aliphatic heterocycles. The molecule has 0 saturated heterocycles. The van der Waals surface area contributed by atoms with E-state index in [2.05, 4.69) is 0 Å². The molecule has 3 N–H and O–H groups in total. The molecule has 1 aromatic rings. The number of nitrogens with two attached hydrogens (primary N) is 1. The predicted octanol–water partition coefficient (Wildman–Crippen LogP) is 1.67. The molecular weight excluding hydrogens is 194 g/mol. The molecule has 1 amide bonds. The minimum absolute atomic E-state index is 0.0365.